The topological polar surface area (TPSA) is 78.1 Å². The van der Waals surface area contributed by atoms with Gasteiger partial charge in [0.1, 0.15) is 5.57 Å². The molecule has 2 heterocycles. The van der Waals surface area contributed by atoms with Crippen LogP contribution in [0.2, 0.25) is 5.02 Å². The van der Waals surface area contributed by atoms with Crippen LogP contribution in [-0.4, -0.2) is 21.5 Å². The van der Waals surface area contributed by atoms with Crippen LogP contribution in [0.15, 0.2) is 54.1 Å². The maximum Gasteiger partial charge on any atom is 0.270 e. The minimum absolute atomic E-state index is 0.00979. The summed E-state index contributed by atoms with van der Waals surface area (Å²) in [4.78, 5) is 27.4. The van der Waals surface area contributed by atoms with Gasteiger partial charge in [0.05, 0.1) is 17.3 Å². The van der Waals surface area contributed by atoms with Gasteiger partial charge in [0.2, 0.25) is 0 Å². The van der Waals surface area contributed by atoms with E-state index in [2.05, 4.69) is 11.4 Å². The number of nitrogens with zero attached hydrogens (tertiary/aromatic N) is 3. The van der Waals surface area contributed by atoms with E-state index in [0.29, 0.717) is 21.8 Å². The van der Waals surface area contributed by atoms with Crippen molar-refractivity contribution in [1.29, 1.82) is 5.26 Å². The standard InChI is InChI=1S/C25H19ClN4O2S/c1-14-11-18(16(3)29(14)19-9-7-17(13-27)8-10-19)12-20-23(31)28-25(33)30(24(20)32)22-6-4-5-21(26)15(22)2/h4-12H,1-3H3,(H,28,31,33). The highest BCUT2D eigenvalue weighted by molar-refractivity contribution is 7.80. The zero-order chi connectivity index (χ0) is 23.9. The molecule has 0 spiro atoms. The number of thiocarbonyl (C=S) groups is 1. The number of rotatable bonds is 3. The molecule has 1 saturated heterocycles. The molecule has 1 aliphatic heterocycles. The van der Waals surface area contributed by atoms with Crippen molar-refractivity contribution in [3.05, 3.63) is 87.2 Å². The quantitative estimate of drug-likeness (QED) is 0.337. The van der Waals surface area contributed by atoms with Crippen LogP contribution < -0.4 is 10.2 Å². The molecule has 6 nitrogen and oxygen atoms in total. The van der Waals surface area contributed by atoms with Gasteiger partial charge in [-0.15, -0.1) is 0 Å². The van der Waals surface area contributed by atoms with Crippen molar-refractivity contribution in [3.63, 3.8) is 0 Å². The monoisotopic (exact) mass is 474 g/mol. The van der Waals surface area contributed by atoms with E-state index in [-0.39, 0.29) is 10.7 Å². The van der Waals surface area contributed by atoms with Gasteiger partial charge in [0.25, 0.3) is 11.8 Å². The van der Waals surface area contributed by atoms with Crippen LogP contribution in [0.4, 0.5) is 5.69 Å². The molecular weight excluding hydrogens is 456 g/mol. The lowest BCUT2D eigenvalue weighted by atomic mass is 10.1. The summed E-state index contributed by atoms with van der Waals surface area (Å²) in [6.45, 7) is 5.64. The first kappa shape index (κ1) is 22.5. The second-order valence-electron chi connectivity index (χ2n) is 7.66. The van der Waals surface area contributed by atoms with E-state index in [1.807, 2.05) is 36.6 Å². The van der Waals surface area contributed by atoms with Crippen molar-refractivity contribution in [2.75, 3.05) is 4.90 Å². The Labute approximate surface area is 201 Å². The van der Waals surface area contributed by atoms with Crippen LogP contribution in [0.5, 0.6) is 0 Å². The van der Waals surface area contributed by atoms with Gasteiger partial charge < -0.3 is 4.57 Å². The number of hydrogen-bond acceptors (Lipinski definition) is 4. The number of aryl methyl sites for hydroxylation is 1. The normalized spacial score (nSPS) is 15.1. The smallest absolute Gasteiger partial charge is 0.270 e. The van der Waals surface area contributed by atoms with Crippen molar-refractivity contribution in [1.82, 2.24) is 9.88 Å². The Kier molecular flexibility index (Phi) is 5.90. The number of halogens is 1. The first-order chi connectivity index (χ1) is 15.7. The summed E-state index contributed by atoms with van der Waals surface area (Å²) in [6, 6.07) is 16.4. The largest absolute Gasteiger partial charge is 0.318 e. The van der Waals surface area contributed by atoms with Crippen LogP contribution in [0.3, 0.4) is 0 Å². The van der Waals surface area contributed by atoms with Crippen molar-refractivity contribution in [3.8, 4) is 11.8 Å². The molecule has 1 aromatic heterocycles. The number of carbonyl (C=O) groups is 2. The van der Waals surface area contributed by atoms with E-state index >= 15 is 0 Å². The predicted molar refractivity (Wildman–Crippen MR) is 132 cm³/mol. The average Bonchev–Trinajstić information content (AvgIpc) is 3.06. The molecule has 8 heteroatoms. The third-order valence-corrected chi connectivity index (χ3v) is 6.30. The summed E-state index contributed by atoms with van der Waals surface area (Å²) in [6.07, 6.45) is 1.58. The Bertz CT molecular complexity index is 1400. The molecule has 0 atom stereocenters. The molecule has 2 aromatic carbocycles. The minimum atomic E-state index is -0.552. The van der Waals surface area contributed by atoms with E-state index in [1.165, 1.54) is 4.90 Å². The van der Waals surface area contributed by atoms with Crippen LogP contribution in [0.25, 0.3) is 11.8 Å². The summed E-state index contributed by atoms with van der Waals surface area (Å²) >= 11 is 11.5. The van der Waals surface area contributed by atoms with Crippen LogP contribution in [0.1, 0.15) is 28.1 Å². The molecule has 1 aliphatic rings. The Morgan fingerprint density at radius 2 is 1.79 bits per heavy atom. The van der Waals surface area contributed by atoms with Gasteiger partial charge in [0.15, 0.2) is 5.11 Å². The van der Waals surface area contributed by atoms with Gasteiger partial charge in [-0.1, -0.05) is 17.7 Å². The number of nitriles is 1. The molecule has 4 rings (SSSR count). The molecule has 0 saturated carbocycles. The molecule has 0 bridgehead atoms. The van der Waals surface area contributed by atoms with Gasteiger partial charge in [-0.2, -0.15) is 5.26 Å². The minimum Gasteiger partial charge on any atom is -0.318 e. The first-order valence-electron chi connectivity index (χ1n) is 10.1. The fourth-order valence-corrected chi connectivity index (χ4v) is 4.33. The van der Waals surface area contributed by atoms with E-state index in [9.17, 15) is 9.59 Å². The van der Waals surface area contributed by atoms with Gasteiger partial charge >= 0.3 is 0 Å². The van der Waals surface area contributed by atoms with Gasteiger partial charge in [-0.05, 0) is 92.7 Å². The molecule has 0 aliphatic carbocycles. The SMILES string of the molecule is Cc1c(Cl)cccc1N1C(=O)C(=Cc2cc(C)n(-c3ccc(C#N)cc3)c2C)C(=O)NC1=S. The Balaban J connectivity index is 1.77. The summed E-state index contributed by atoms with van der Waals surface area (Å²) in [5.41, 5.74) is 5.13. The Hall–Kier alpha value is -3.73. The first-order valence-corrected chi connectivity index (χ1v) is 10.9. The number of amides is 2. The predicted octanol–water partition coefficient (Wildman–Crippen LogP) is 4.76. The number of carbonyl (C=O) groups excluding carboxylic acids is 2. The number of aromatic nitrogens is 1. The summed E-state index contributed by atoms with van der Waals surface area (Å²) in [5.74, 6) is -1.07. The van der Waals surface area contributed by atoms with E-state index in [1.54, 1.807) is 43.3 Å². The lowest BCUT2D eigenvalue weighted by molar-refractivity contribution is -0.122. The average molecular weight is 475 g/mol. The maximum absolute atomic E-state index is 13.4. The fraction of sp³-hybridized carbons (Fsp3) is 0.120. The highest BCUT2D eigenvalue weighted by atomic mass is 35.5. The maximum atomic E-state index is 13.4. The molecule has 33 heavy (non-hydrogen) atoms. The fourth-order valence-electron chi connectivity index (χ4n) is 3.89. The third-order valence-electron chi connectivity index (χ3n) is 5.61. The number of benzene rings is 2. The zero-order valence-electron chi connectivity index (χ0n) is 18.1. The molecule has 1 N–H and O–H groups in total. The highest BCUT2D eigenvalue weighted by Gasteiger charge is 2.35. The van der Waals surface area contributed by atoms with Crippen molar-refractivity contribution >= 4 is 52.5 Å². The van der Waals surface area contributed by atoms with Gasteiger partial charge in [-0.3, -0.25) is 19.8 Å². The van der Waals surface area contributed by atoms with Crippen molar-refractivity contribution in [2.24, 2.45) is 0 Å². The highest BCUT2D eigenvalue weighted by Crippen LogP contribution is 2.30. The molecule has 0 radical (unpaired) electrons. The Morgan fingerprint density at radius 3 is 2.45 bits per heavy atom. The number of anilines is 1. The third kappa shape index (κ3) is 3.95. The van der Waals surface area contributed by atoms with Crippen LogP contribution >= 0.6 is 23.8 Å². The van der Waals surface area contributed by atoms with Gasteiger partial charge in [-0.25, -0.2) is 0 Å². The zero-order valence-corrected chi connectivity index (χ0v) is 19.7. The van der Waals surface area contributed by atoms with Gasteiger partial charge in [0, 0.05) is 22.1 Å². The van der Waals surface area contributed by atoms with E-state index < -0.39 is 11.8 Å². The molecule has 3 aromatic rings. The molecule has 1 fully saturated rings. The second kappa shape index (κ2) is 8.66. The lowest BCUT2D eigenvalue weighted by Crippen LogP contribution is -2.54. The summed E-state index contributed by atoms with van der Waals surface area (Å²) in [5, 5.41) is 12.2. The number of hydrogen-bond donors (Lipinski definition) is 1. The number of nitrogens with one attached hydrogen (secondary N) is 1. The lowest BCUT2D eigenvalue weighted by Gasteiger charge is -2.30. The van der Waals surface area contributed by atoms with Crippen LogP contribution in [-0.2, 0) is 9.59 Å². The summed E-state index contributed by atoms with van der Waals surface area (Å²) in [7, 11) is 0. The van der Waals surface area contributed by atoms with E-state index in [4.69, 9.17) is 29.1 Å². The van der Waals surface area contributed by atoms with Crippen LogP contribution in [0, 0.1) is 32.1 Å². The molecule has 2 amide bonds. The molecule has 164 valence electrons. The summed E-state index contributed by atoms with van der Waals surface area (Å²) < 4.78 is 2.00. The van der Waals surface area contributed by atoms with E-state index in [0.717, 1.165) is 22.6 Å². The molecular formula is C25H19ClN4O2S. The molecule has 0 unspecified atom stereocenters. The van der Waals surface area contributed by atoms with Crippen molar-refractivity contribution < 1.29 is 9.59 Å². The second-order valence-corrected chi connectivity index (χ2v) is 8.46. The Morgan fingerprint density at radius 1 is 1.09 bits per heavy atom. The van der Waals surface area contributed by atoms with Crippen molar-refractivity contribution in [2.45, 2.75) is 20.8 Å².